The average Bonchev–Trinajstić information content (AvgIpc) is 2.98. The van der Waals surface area contributed by atoms with Crippen LogP contribution in [0.2, 0.25) is 0 Å². The second-order valence-corrected chi connectivity index (χ2v) is 8.37. The van der Waals surface area contributed by atoms with Crippen LogP contribution in [0.3, 0.4) is 0 Å². The number of rotatable bonds is 4. The maximum Gasteiger partial charge on any atom is 0.191 e. The lowest BCUT2D eigenvalue weighted by Crippen LogP contribution is -2.68. The quantitative estimate of drug-likeness (QED) is 0.597. The van der Waals surface area contributed by atoms with Gasteiger partial charge in [0.1, 0.15) is 0 Å². The van der Waals surface area contributed by atoms with Gasteiger partial charge in [-0.1, -0.05) is 13.8 Å². The molecule has 3 fully saturated rings. The third kappa shape index (κ3) is 3.24. The second-order valence-electron chi connectivity index (χ2n) is 7.14. The van der Waals surface area contributed by atoms with Crippen LogP contribution >= 0.6 is 11.8 Å². The van der Waals surface area contributed by atoms with Crippen molar-refractivity contribution in [3.63, 3.8) is 0 Å². The molecule has 1 aliphatic carbocycles. The van der Waals surface area contributed by atoms with Gasteiger partial charge in [-0.25, -0.2) is 0 Å². The van der Waals surface area contributed by atoms with Crippen LogP contribution in [0.15, 0.2) is 4.99 Å². The normalized spacial score (nSPS) is 34.9. The van der Waals surface area contributed by atoms with Crippen molar-refractivity contribution in [1.29, 1.82) is 0 Å². The van der Waals surface area contributed by atoms with Crippen molar-refractivity contribution in [2.45, 2.75) is 32.4 Å². The number of hydrogen-bond donors (Lipinski definition) is 2. The van der Waals surface area contributed by atoms with Crippen LogP contribution in [0.1, 0.15) is 20.3 Å². The molecule has 3 unspecified atom stereocenters. The van der Waals surface area contributed by atoms with Gasteiger partial charge in [0.05, 0.1) is 6.10 Å². The smallest absolute Gasteiger partial charge is 0.191 e. The van der Waals surface area contributed by atoms with Gasteiger partial charge >= 0.3 is 0 Å². The molecule has 3 atom stereocenters. The summed E-state index contributed by atoms with van der Waals surface area (Å²) in [5.74, 6) is 4.13. The lowest BCUT2D eigenvalue weighted by atomic mass is 9.57. The highest BCUT2D eigenvalue weighted by Crippen LogP contribution is 2.51. The number of nitrogens with one attached hydrogen (secondary N) is 2. The first-order valence-electron chi connectivity index (χ1n) is 8.52. The van der Waals surface area contributed by atoms with E-state index in [1.165, 1.54) is 31.0 Å². The van der Waals surface area contributed by atoms with Crippen molar-refractivity contribution in [2.75, 3.05) is 51.3 Å². The molecule has 1 saturated carbocycles. The van der Waals surface area contributed by atoms with Crippen LogP contribution in [-0.4, -0.2) is 74.3 Å². The lowest BCUT2D eigenvalue weighted by Gasteiger charge is -2.54. The Kier molecular flexibility index (Phi) is 5.20. The molecule has 2 aliphatic heterocycles. The van der Waals surface area contributed by atoms with E-state index < -0.39 is 0 Å². The first-order valence-corrected chi connectivity index (χ1v) is 9.67. The summed E-state index contributed by atoms with van der Waals surface area (Å²) in [5, 5.41) is 7.12. The van der Waals surface area contributed by atoms with Crippen molar-refractivity contribution in [1.82, 2.24) is 15.5 Å². The van der Waals surface area contributed by atoms with Gasteiger partial charge in [-0.15, -0.1) is 0 Å². The molecule has 0 amide bonds. The summed E-state index contributed by atoms with van der Waals surface area (Å²) in [6.45, 7) is 10.0. The average molecular weight is 327 g/mol. The Hall–Kier alpha value is -0.460. The number of fused-ring (bicyclic) bond motifs is 1. The number of thioether (sulfide) groups is 1. The number of aliphatic imine (C=N–C) groups is 1. The molecule has 0 radical (unpaired) electrons. The van der Waals surface area contributed by atoms with Crippen LogP contribution in [0.5, 0.6) is 0 Å². The minimum atomic E-state index is 0.197. The second kappa shape index (κ2) is 6.97. The fraction of sp³-hybridized carbons (Fsp3) is 0.938. The molecule has 0 aromatic carbocycles. The molecular weight excluding hydrogens is 296 g/mol. The summed E-state index contributed by atoms with van der Waals surface area (Å²) in [6.07, 6.45) is 1.60. The zero-order valence-corrected chi connectivity index (χ0v) is 14.9. The summed E-state index contributed by atoms with van der Waals surface area (Å²) in [6, 6.07) is 0.470. The SMILES string of the molecule is CN=C(NCCN1CCSCC1)NC1C2CCOC2C1(C)C. The topological polar surface area (TPSA) is 48.9 Å². The highest BCUT2D eigenvalue weighted by atomic mass is 32.2. The van der Waals surface area contributed by atoms with Gasteiger partial charge < -0.3 is 15.4 Å². The summed E-state index contributed by atoms with van der Waals surface area (Å²) >= 11 is 2.06. The Morgan fingerprint density at radius 1 is 1.36 bits per heavy atom. The van der Waals surface area contributed by atoms with Crippen molar-refractivity contribution >= 4 is 17.7 Å². The minimum absolute atomic E-state index is 0.197. The Morgan fingerprint density at radius 3 is 2.86 bits per heavy atom. The van der Waals surface area contributed by atoms with Crippen LogP contribution in [0, 0.1) is 11.3 Å². The largest absolute Gasteiger partial charge is 0.377 e. The highest BCUT2D eigenvalue weighted by Gasteiger charge is 2.59. The number of nitrogens with zero attached hydrogens (tertiary/aromatic N) is 2. The number of guanidine groups is 1. The molecule has 6 heteroatoms. The van der Waals surface area contributed by atoms with E-state index in [1.54, 1.807) is 0 Å². The monoisotopic (exact) mass is 326 g/mol. The van der Waals surface area contributed by atoms with Gasteiger partial charge in [0.2, 0.25) is 0 Å². The van der Waals surface area contributed by atoms with E-state index in [1.807, 2.05) is 7.05 Å². The lowest BCUT2D eigenvalue weighted by molar-refractivity contribution is -0.106. The molecule has 126 valence electrons. The van der Waals surface area contributed by atoms with E-state index in [-0.39, 0.29) is 5.41 Å². The molecule has 2 saturated heterocycles. The fourth-order valence-electron chi connectivity index (χ4n) is 4.12. The zero-order chi connectivity index (χ0) is 15.6. The van der Waals surface area contributed by atoms with E-state index in [2.05, 4.69) is 46.1 Å². The van der Waals surface area contributed by atoms with E-state index >= 15 is 0 Å². The Bertz CT molecular complexity index is 409. The highest BCUT2D eigenvalue weighted by molar-refractivity contribution is 7.99. The number of ether oxygens (including phenoxy) is 1. The van der Waals surface area contributed by atoms with E-state index in [4.69, 9.17) is 4.74 Å². The summed E-state index contributed by atoms with van der Waals surface area (Å²) in [4.78, 5) is 6.94. The molecule has 0 spiro atoms. The maximum absolute atomic E-state index is 5.86. The van der Waals surface area contributed by atoms with Gasteiger partial charge in [0.25, 0.3) is 0 Å². The van der Waals surface area contributed by atoms with Gasteiger partial charge in [-0.05, 0) is 6.42 Å². The van der Waals surface area contributed by atoms with Gasteiger partial charge in [-0.2, -0.15) is 11.8 Å². The van der Waals surface area contributed by atoms with Gasteiger partial charge in [-0.3, -0.25) is 9.89 Å². The predicted octanol–water partition coefficient (Wildman–Crippen LogP) is 1.01. The molecule has 5 nitrogen and oxygen atoms in total. The maximum atomic E-state index is 5.86. The summed E-state index contributed by atoms with van der Waals surface area (Å²) in [5.41, 5.74) is 0.197. The Labute approximate surface area is 138 Å². The first kappa shape index (κ1) is 16.4. The standard InChI is InChI=1S/C16H30N4OS/c1-16(2)13(12-4-9-21-14(12)16)19-15(17-3)18-5-6-20-7-10-22-11-8-20/h12-14H,4-11H2,1-3H3,(H2,17,18,19). The molecule has 0 bridgehead atoms. The van der Waals surface area contributed by atoms with Crippen LogP contribution in [0.25, 0.3) is 0 Å². The van der Waals surface area contributed by atoms with Gasteiger partial charge in [0.15, 0.2) is 5.96 Å². The van der Waals surface area contributed by atoms with Crippen LogP contribution in [0.4, 0.5) is 0 Å². The minimum Gasteiger partial charge on any atom is -0.377 e. The third-order valence-electron chi connectivity index (χ3n) is 5.44. The first-order chi connectivity index (χ1) is 10.6. The molecule has 0 aromatic rings. The third-order valence-corrected chi connectivity index (χ3v) is 6.38. The Balaban J connectivity index is 1.44. The summed E-state index contributed by atoms with van der Waals surface area (Å²) in [7, 11) is 1.86. The fourth-order valence-corrected chi connectivity index (χ4v) is 5.10. The van der Waals surface area contributed by atoms with E-state index in [9.17, 15) is 0 Å². The van der Waals surface area contributed by atoms with Crippen LogP contribution < -0.4 is 10.6 Å². The molecule has 22 heavy (non-hydrogen) atoms. The molecular formula is C16H30N4OS. The molecule has 3 rings (SSSR count). The molecule has 3 aliphatic rings. The Morgan fingerprint density at radius 2 is 2.14 bits per heavy atom. The van der Waals surface area contributed by atoms with Gasteiger partial charge in [0, 0.05) is 68.7 Å². The van der Waals surface area contributed by atoms with Crippen molar-refractivity contribution < 1.29 is 4.74 Å². The van der Waals surface area contributed by atoms with Crippen molar-refractivity contribution in [3.05, 3.63) is 0 Å². The van der Waals surface area contributed by atoms with Crippen LogP contribution in [-0.2, 0) is 4.74 Å². The zero-order valence-electron chi connectivity index (χ0n) is 14.1. The summed E-state index contributed by atoms with van der Waals surface area (Å²) < 4.78 is 5.86. The number of hydrogen-bond acceptors (Lipinski definition) is 4. The van der Waals surface area contributed by atoms with Crippen molar-refractivity contribution in [2.24, 2.45) is 16.3 Å². The molecule has 2 heterocycles. The molecule has 0 aromatic heterocycles. The van der Waals surface area contributed by atoms with E-state index in [0.29, 0.717) is 18.1 Å². The van der Waals surface area contributed by atoms with E-state index in [0.717, 1.165) is 25.7 Å². The van der Waals surface area contributed by atoms with Crippen molar-refractivity contribution in [3.8, 4) is 0 Å². The molecule has 2 N–H and O–H groups in total. The predicted molar refractivity (Wildman–Crippen MR) is 93.7 cm³/mol.